The first-order valence-electron chi connectivity index (χ1n) is 6.74. The first-order chi connectivity index (χ1) is 11.8. The van der Waals surface area contributed by atoms with Crippen LogP contribution in [0.3, 0.4) is 0 Å². The Morgan fingerprint density at radius 3 is 2.52 bits per heavy atom. The van der Waals surface area contributed by atoms with E-state index >= 15 is 0 Å². The van der Waals surface area contributed by atoms with Crippen molar-refractivity contribution in [3.8, 4) is 0 Å². The highest BCUT2D eigenvalue weighted by molar-refractivity contribution is 6.42. The molecule has 0 saturated carbocycles. The zero-order chi connectivity index (χ0) is 18.6. The van der Waals surface area contributed by atoms with E-state index in [9.17, 15) is 19.7 Å². The summed E-state index contributed by atoms with van der Waals surface area (Å²) in [5, 5.41) is 13.8. The van der Waals surface area contributed by atoms with E-state index in [1.165, 1.54) is 24.3 Å². The maximum Gasteiger partial charge on any atom is 0.341 e. The van der Waals surface area contributed by atoms with E-state index in [4.69, 9.17) is 33.7 Å². The molecule has 0 unspecified atom stereocenters. The highest BCUT2D eigenvalue weighted by Gasteiger charge is 2.17. The molecule has 0 bridgehead atoms. The molecule has 0 saturated heterocycles. The van der Waals surface area contributed by atoms with Gasteiger partial charge in [0.25, 0.3) is 11.6 Å². The lowest BCUT2D eigenvalue weighted by atomic mass is 10.1. The second-order valence-corrected chi connectivity index (χ2v) is 5.60. The number of benzene rings is 2. The SMILES string of the molecule is Nc1ccc([N+](=O)[O-])cc1C(=O)OCC(=O)Nc1ccc(Cl)c(Cl)c1. The second-order valence-electron chi connectivity index (χ2n) is 4.78. The molecule has 2 rings (SSSR count). The van der Waals surface area contributed by atoms with Gasteiger partial charge >= 0.3 is 5.97 Å². The quantitative estimate of drug-likeness (QED) is 0.353. The lowest BCUT2D eigenvalue weighted by Crippen LogP contribution is -2.21. The lowest BCUT2D eigenvalue weighted by molar-refractivity contribution is -0.384. The maximum atomic E-state index is 12.0. The fraction of sp³-hybridized carbons (Fsp3) is 0.0667. The molecule has 2 aromatic rings. The van der Waals surface area contributed by atoms with Crippen LogP contribution in [0.15, 0.2) is 36.4 Å². The van der Waals surface area contributed by atoms with E-state index in [2.05, 4.69) is 5.32 Å². The molecule has 3 N–H and O–H groups in total. The number of nitro groups is 1. The Labute approximate surface area is 151 Å². The van der Waals surface area contributed by atoms with Crippen LogP contribution in [0.2, 0.25) is 10.0 Å². The summed E-state index contributed by atoms with van der Waals surface area (Å²) < 4.78 is 4.82. The Balaban J connectivity index is 1.99. The summed E-state index contributed by atoms with van der Waals surface area (Å²) >= 11 is 11.6. The van der Waals surface area contributed by atoms with Crippen molar-refractivity contribution in [3.05, 3.63) is 62.1 Å². The van der Waals surface area contributed by atoms with Gasteiger partial charge in [-0.05, 0) is 24.3 Å². The molecule has 0 radical (unpaired) electrons. The molecule has 0 atom stereocenters. The smallest absolute Gasteiger partial charge is 0.341 e. The third-order valence-corrected chi connectivity index (χ3v) is 3.74. The topological polar surface area (TPSA) is 125 Å². The van der Waals surface area contributed by atoms with Crippen LogP contribution in [0.25, 0.3) is 0 Å². The number of carbonyl (C=O) groups excluding carboxylic acids is 2. The first kappa shape index (κ1) is 18.5. The lowest BCUT2D eigenvalue weighted by Gasteiger charge is -2.08. The van der Waals surface area contributed by atoms with Gasteiger partial charge in [0.15, 0.2) is 6.61 Å². The zero-order valence-electron chi connectivity index (χ0n) is 12.5. The van der Waals surface area contributed by atoms with E-state index in [-0.39, 0.29) is 22.0 Å². The molecule has 130 valence electrons. The Hall–Kier alpha value is -2.84. The number of nitrogens with zero attached hydrogens (tertiary/aromatic N) is 1. The summed E-state index contributed by atoms with van der Waals surface area (Å²) in [6.07, 6.45) is 0. The van der Waals surface area contributed by atoms with Crippen LogP contribution in [0.4, 0.5) is 17.1 Å². The number of carbonyl (C=O) groups is 2. The molecule has 0 spiro atoms. The van der Waals surface area contributed by atoms with Crippen LogP contribution in [0.5, 0.6) is 0 Å². The number of anilines is 2. The molecular formula is C15H11Cl2N3O5. The van der Waals surface area contributed by atoms with Crippen LogP contribution >= 0.6 is 23.2 Å². The van der Waals surface area contributed by atoms with E-state index < -0.39 is 23.4 Å². The average Bonchev–Trinajstić information content (AvgIpc) is 2.56. The molecule has 8 nitrogen and oxygen atoms in total. The molecular weight excluding hydrogens is 373 g/mol. The zero-order valence-corrected chi connectivity index (χ0v) is 14.0. The van der Waals surface area contributed by atoms with Crippen LogP contribution in [-0.2, 0) is 9.53 Å². The van der Waals surface area contributed by atoms with E-state index in [0.717, 1.165) is 12.1 Å². The number of nitro benzene ring substituents is 1. The van der Waals surface area contributed by atoms with Crippen LogP contribution in [0.1, 0.15) is 10.4 Å². The minimum atomic E-state index is -0.953. The van der Waals surface area contributed by atoms with Gasteiger partial charge in [-0.3, -0.25) is 14.9 Å². The summed E-state index contributed by atoms with van der Waals surface area (Å²) in [7, 11) is 0. The molecule has 0 heterocycles. The van der Waals surface area contributed by atoms with Gasteiger partial charge in [0.1, 0.15) is 0 Å². The molecule has 10 heteroatoms. The largest absolute Gasteiger partial charge is 0.452 e. The molecule has 0 aliphatic carbocycles. The summed E-state index contributed by atoms with van der Waals surface area (Å²) in [5.74, 6) is -1.58. The number of nitrogen functional groups attached to an aromatic ring is 1. The number of nitrogens with one attached hydrogen (secondary N) is 1. The normalized spacial score (nSPS) is 10.2. The standard InChI is InChI=1S/C15H11Cl2N3O5/c16-11-3-1-8(5-12(11)17)19-14(21)7-25-15(22)10-6-9(20(23)24)2-4-13(10)18/h1-6H,7,18H2,(H,19,21). The average molecular weight is 384 g/mol. The summed E-state index contributed by atoms with van der Waals surface area (Å²) in [4.78, 5) is 33.8. The first-order valence-corrected chi connectivity index (χ1v) is 7.49. The molecule has 2 aromatic carbocycles. The second kappa shape index (κ2) is 7.82. The summed E-state index contributed by atoms with van der Waals surface area (Å²) in [6, 6.07) is 7.80. The third-order valence-electron chi connectivity index (χ3n) is 3.01. The van der Waals surface area contributed by atoms with Crippen molar-refractivity contribution >= 4 is 52.1 Å². The predicted molar refractivity (Wildman–Crippen MR) is 92.9 cm³/mol. The number of halogens is 2. The van der Waals surface area contributed by atoms with Gasteiger partial charge in [-0.1, -0.05) is 23.2 Å². The van der Waals surface area contributed by atoms with Crippen molar-refractivity contribution in [2.75, 3.05) is 17.7 Å². The number of rotatable bonds is 5. The van der Waals surface area contributed by atoms with Crippen molar-refractivity contribution in [3.63, 3.8) is 0 Å². The number of ether oxygens (including phenoxy) is 1. The predicted octanol–water partition coefficient (Wildman–Crippen LogP) is 3.28. The fourth-order valence-corrected chi connectivity index (χ4v) is 2.11. The molecule has 0 aromatic heterocycles. The van der Waals surface area contributed by atoms with Crippen molar-refractivity contribution in [2.24, 2.45) is 0 Å². The molecule has 0 aliphatic heterocycles. The van der Waals surface area contributed by atoms with Gasteiger partial charge in [0.05, 0.1) is 20.5 Å². The number of nitrogens with two attached hydrogens (primary N) is 1. The van der Waals surface area contributed by atoms with Crippen LogP contribution < -0.4 is 11.1 Å². The Morgan fingerprint density at radius 1 is 1.16 bits per heavy atom. The minimum Gasteiger partial charge on any atom is -0.452 e. The van der Waals surface area contributed by atoms with Gasteiger partial charge < -0.3 is 15.8 Å². The highest BCUT2D eigenvalue weighted by atomic mass is 35.5. The summed E-state index contributed by atoms with van der Waals surface area (Å²) in [6.45, 7) is -0.610. The highest BCUT2D eigenvalue weighted by Crippen LogP contribution is 2.25. The fourth-order valence-electron chi connectivity index (χ4n) is 1.81. The van der Waals surface area contributed by atoms with Crippen molar-refractivity contribution in [2.45, 2.75) is 0 Å². The van der Waals surface area contributed by atoms with Crippen LogP contribution in [0, 0.1) is 10.1 Å². The van der Waals surface area contributed by atoms with Crippen molar-refractivity contribution in [1.29, 1.82) is 0 Å². The molecule has 0 aliphatic rings. The number of hydrogen-bond donors (Lipinski definition) is 2. The van der Waals surface area contributed by atoms with E-state index in [1.54, 1.807) is 0 Å². The summed E-state index contributed by atoms with van der Waals surface area (Å²) in [5.41, 5.74) is 5.45. The molecule has 25 heavy (non-hydrogen) atoms. The van der Waals surface area contributed by atoms with Gasteiger partial charge in [0.2, 0.25) is 0 Å². The number of esters is 1. The number of amides is 1. The van der Waals surface area contributed by atoms with E-state index in [0.29, 0.717) is 10.7 Å². The maximum absolute atomic E-state index is 12.0. The van der Waals surface area contributed by atoms with Crippen LogP contribution in [-0.4, -0.2) is 23.4 Å². The van der Waals surface area contributed by atoms with Crippen molar-refractivity contribution in [1.82, 2.24) is 0 Å². The minimum absolute atomic E-state index is 0.000455. The van der Waals surface area contributed by atoms with Gasteiger partial charge in [-0.25, -0.2) is 4.79 Å². The van der Waals surface area contributed by atoms with E-state index in [1.807, 2.05) is 0 Å². The third kappa shape index (κ3) is 4.82. The number of hydrogen-bond acceptors (Lipinski definition) is 6. The van der Waals surface area contributed by atoms with Crippen molar-refractivity contribution < 1.29 is 19.2 Å². The Kier molecular flexibility index (Phi) is 5.79. The number of non-ortho nitro benzene ring substituents is 1. The Morgan fingerprint density at radius 2 is 1.88 bits per heavy atom. The Bertz CT molecular complexity index is 857. The molecule has 1 amide bonds. The van der Waals surface area contributed by atoms with Gasteiger partial charge in [-0.2, -0.15) is 0 Å². The van der Waals surface area contributed by atoms with Gasteiger partial charge in [0, 0.05) is 23.5 Å². The van der Waals surface area contributed by atoms with Gasteiger partial charge in [-0.15, -0.1) is 0 Å². The molecule has 0 fully saturated rings. The monoisotopic (exact) mass is 383 g/mol.